The Morgan fingerprint density at radius 2 is 2.24 bits per heavy atom. The average Bonchev–Trinajstić information content (AvgIpc) is 3.10. The number of aromatic amines is 1. The summed E-state index contributed by atoms with van der Waals surface area (Å²) >= 11 is 1.25. The summed E-state index contributed by atoms with van der Waals surface area (Å²) in [4.78, 5) is 6.84. The molecular formula is C13H20N4O2S2. The van der Waals surface area contributed by atoms with Crippen LogP contribution in [0, 0.1) is 0 Å². The summed E-state index contributed by atoms with van der Waals surface area (Å²) < 4.78 is 27.3. The highest BCUT2D eigenvalue weighted by Crippen LogP contribution is 2.20. The Morgan fingerprint density at radius 3 is 2.95 bits per heavy atom. The molecule has 116 valence electrons. The van der Waals surface area contributed by atoms with Crippen LogP contribution in [0.3, 0.4) is 0 Å². The number of thiophene rings is 1. The molecule has 0 aliphatic rings. The van der Waals surface area contributed by atoms with Gasteiger partial charge in [-0.3, -0.25) is 0 Å². The van der Waals surface area contributed by atoms with Gasteiger partial charge < -0.3 is 10.3 Å². The van der Waals surface area contributed by atoms with Crippen molar-refractivity contribution >= 4 is 21.4 Å². The van der Waals surface area contributed by atoms with Crippen LogP contribution in [0.4, 0.5) is 0 Å². The van der Waals surface area contributed by atoms with Crippen molar-refractivity contribution in [1.29, 1.82) is 0 Å². The minimum atomic E-state index is -3.42. The number of hydrogen-bond acceptors (Lipinski definition) is 5. The Kier molecular flexibility index (Phi) is 5.92. The van der Waals surface area contributed by atoms with Crippen molar-refractivity contribution in [3.63, 3.8) is 0 Å². The van der Waals surface area contributed by atoms with Gasteiger partial charge in [0.25, 0.3) is 0 Å². The zero-order valence-electron chi connectivity index (χ0n) is 11.9. The van der Waals surface area contributed by atoms with Gasteiger partial charge in [0, 0.05) is 31.4 Å². The van der Waals surface area contributed by atoms with Gasteiger partial charge in [0.05, 0.1) is 6.33 Å². The fraction of sp³-hybridized carbons (Fsp3) is 0.462. The first-order valence-corrected chi connectivity index (χ1v) is 9.23. The highest BCUT2D eigenvalue weighted by Gasteiger charge is 2.16. The maximum absolute atomic E-state index is 12.2. The van der Waals surface area contributed by atoms with E-state index in [1.165, 1.54) is 11.3 Å². The lowest BCUT2D eigenvalue weighted by atomic mass is 10.3. The van der Waals surface area contributed by atoms with Gasteiger partial charge in [-0.15, -0.1) is 11.3 Å². The smallest absolute Gasteiger partial charge is 0.250 e. The Labute approximate surface area is 129 Å². The van der Waals surface area contributed by atoms with Crippen LogP contribution in [0.5, 0.6) is 0 Å². The maximum atomic E-state index is 12.2. The molecular weight excluding hydrogens is 308 g/mol. The number of imidazole rings is 1. The zero-order valence-corrected chi connectivity index (χ0v) is 13.6. The third-order valence-electron chi connectivity index (χ3n) is 2.89. The number of H-pyrrole nitrogens is 1. The Hall–Kier alpha value is -1.22. The molecule has 0 amide bonds. The number of aromatic nitrogens is 2. The van der Waals surface area contributed by atoms with Gasteiger partial charge in [-0.2, -0.15) is 0 Å². The molecule has 0 fully saturated rings. The second kappa shape index (κ2) is 7.69. The van der Waals surface area contributed by atoms with Gasteiger partial charge >= 0.3 is 0 Å². The monoisotopic (exact) mass is 328 g/mol. The molecule has 21 heavy (non-hydrogen) atoms. The largest absolute Gasteiger partial charge is 0.348 e. The minimum absolute atomic E-state index is 0.353. The van der Waals surface area contributed by atoms with Gasteiger partial charge in [0.2, 0.25) is 10.0 Å². The topological polar surface area (TPSA) is 86.9 Å². The van der Waals surface area contributed by atoms with E-state index in [-0.39, 0.29) is 0 Å². The van der Waals surface area contributed by atoms with Gasteiger partial charge in [0.15, 0.2) is 0 Å². The summed E-state index contributed by atoms with van der Waals surface area (Å²) in [5.41, 5.74) is 1.91. The van der Waals surface area contributed by atoms with E-state index in [0.717, 1.165) is 24.2 Å². The van der Waals surface area contributed by atoms with Crippen LogP contribution in [0.1, 0.15) is 24.6 Å². The van der Waals surface area contributed by atoms with Crippen LogP contribution < -0.4 is 10.0 Å². The molecule has 0 aliphatic carbocycles. The first-order valence-electron chi connectivity index (χ1n) is 6.87. The molecule has 6 nitrogen and oxygen atoms in total. The van der Waals surface area contributed by atoms with E-state index >= 15 is 0 Å². The SMILES string of the molecule is CCCNCc1csc(S(=O)(=O)NCCc2cnc[nH]2)c1. The Bertz CT molecular complexity index is 635. The zero-order chi connectivity index (χ0) is 15.1. The minimum Gasteiger partial charge on any atom is -0.348 e. The van der Waals surface area contributed by atoms with Crippen LogP contribution in [-0.2, 0) is 23.0 Å². The molecule has 0 aromatic carbocycles. The summed E-state index contributed by atoms with van der Waals surface area (Å²) in [6.45, 7) is 4.08. The number of nitrogens with one attached hydrogen (secondary N) is 3. The van der Waals surface area contributed by atoms with Crippen LogP contribution in [0.25, 0.3) is 0 Å². The summed E-state index contributed by atoms with van der Waals surface area (Å²) in [5, 5.41) is 5.14. The highest BCUT2D eigenvalue weighted by atomic mass is 32.2. The van der Waals surface area contributed by atoms with Crippen molar-refractivity contribution < 1.29 is 8.42 Å². The number of hydrogen-bond donors (Lipinski definition) is 3. The van der Waals surface area contributed by atoms with E-state index in [4.69, 9.17) is 0 Å². The van der Waals surface area contributed by atoms with Crippen LogP contribution in [0.2, 0.25) is 0 Å². The molecule has 2 rings (SSSR count). The molecule has 3 N–H and O–H groups in total. The Balaban J connectivity index is 1.86. The molecule has 0 radical (unpaired) electrons. The first-order chi connectivity index (χ1) is 10.1. The first kappa shape index (κ1) is 16.2. The maximum Gasteiger partial charge on any atom is 0.250 e. The standard InChI is InChI=1S/C13H20N4O2S2/c1-2-4-14-7-11-6-13(20-9-11)21(18,19)17-5-3-12-8-15-10-16-12/h6,8-10,14,17H,2-5,7H2,1H3,(H,15,16). The number of sulfonamides is 1. The third kappa shape index (κ3) is 4.92. The lowest BCUT2D eigenvalue weighted by Gasteiger charge is -2.03. The second-order valence-electron chi connectivity index (χ2n) is 4.68. The second-order valence-corrected chi connectivity index (χ2v) is 7.58. The molecule has 0 aliphatic heterocycles. The van der Waals surface area contributed by atoms with Crippen LogP contribution in [-0.4, -0.2) is 31.5 Å². The van der Waals surface area contributed by atoms with Crippen molar-refractivity contribution in [2.24, 2.45) is 0 Å². The quantitative estimate of drug-likeness (QED) is 0.609. The molecule has 8 heteroatoms. The van der Waals surface area contributed by atoms with Gasteiger partial charge in [0.1, 0.15) is 4.21 Å². The lowest BCUT2D eigenvalue weighted by molar-refractivity contribution is 0.583. The van der Waals surface area contributed by atoms with Gasteiger partial charge in [-0.1, -0.05) is 6.92 Å². The Morgan fingerprint density at radius 1 is 1.38 bits per heavy atom. The van der Waals surface area contributed by atoms with Crippen molar-refractivity contribution in [2.45, 2.75) is 30.5 Å². The van der Waals surface area contributed by atoms with E-state index in [9.17, 15) is 8.42 Å². The number of nitrogens with zero attached hydrogens (tertiary/aromatic N) is 1. The van der Waals surface area contributed by atoms with E-state index in [2.05, 4.69) is 26.9 Å². The van der Waals surface area contributed by atoms with Gasteiger partial charge in [-0.25, -0.2) is 18.1 Å². The molecule has 0 saturated heterocycles. The molecule has 2 aromatic heterocycles. The summed E-state index contributed by atoms with van der Waals surface area (Å²) in [5.74, 6) is 0. The normalized spacial score (nSPS) is 11.9. The van der Waals surface area contributed by atoms with Crippen LogP contribution in [0.15, 0.2) is 28.2 Å². The average molecular weight is 328 g/mol. The fourth-order valence-electron chi connectivity index (χ4n) is 1.81. The van der Waals surface area contributed by atoms with Crippen molar-refractivity contribution in [3.8, 4) is 0 Å². The predicted molar refractivity (Wildman–Crippen MR) is 83.8 cm³/mol. The summed E-state index contributed by atoms with van der Waals surface area (Å²) in [6, 6.07) is 1.73. The predicted octanol–water partition coefficient (Wildman–Crippen LogP) is 1.49. The molecule has 0 spiro atoms. The highest BCUT2D eigenvalue weighted by molar-refractivity contribution is 7.91. The van der Waals surface area contributed by atoms with E-state index in [0.29, 0.717) is 23.7 Å². The number of rotatable bonds is 9. The lowest BCUT2D eigenvalue weighted by Crippen LogP contribution is -2.25. The molecule has 2 aromatic rings. The van der Waals surface area contributed by atoms with Crippen molar-refractivity contribution in [2.75, 3.05) is 13.1 Å². The van der Waals surface area contributed by atoms with Gasteiger partial charge in [-0.05, 0) is 30.0 Å². The molecule has 0 unspecified atom stereocenters. The molecule has 0 bridgehead atoms. The van der Waals surface area contributed by atoms with E-state index in [1.807, 2.05) is 5.38 Å². The summed E-state index contributed by atoms with van der Waals surface area (Å²) in [7, 11) is -3.42. The molecule has 2 heterocycles. The molecule has 0 atom stereocenters. The van der Waals surface area contributed by atoms with E-state index < -0.39 is 10.0 Å². The van der Waals surface area contributed by atoms with Crippen LogP contribution >= 0.6 is 11.3 Å². The van der Waals surface area contributed by atoms with E-state index in [1.54, 1.807) is 18.6 Å². The van der Waals surface area contributed by atoms with Crippen molar-refractivity contribution in [3.05, 3.63) is 35.2 Å². The summed E-state index contributed by atoms with van der Waals surface area (Å²) in [6.07, 6.45) is 4.93. The third-order valence-corrected chi connectivity index (χ3v) is 5.84. The van der Waals surface area contributed by atoms with Crippen molar-refractivity contribution in [1.82, 2.24) is 20.0 Å². The molecule has 0 saturated carbocycles. The fourth-order valence-corrected chi connectivity index (χ4v) is 4.09.